The van der Waals surface area contributed by atoms with Gasteiger partial charge in [-0.3, -0.25) is 4.79 Å². The highest BCUT2D eigenvalue weighted by molar-refractivity contribution is 5.96. The second-order valence-electron chi connectivity index (χ2n) is 4.14. The van der Waals surface area contributed by atoms with Crippen LogP contribution in [-0.2, 0) is 4.79 Å². The number of anilines is 1. The lowest BCUT2D eigenvalue weighted by atomic mass is 10.1. The number of hydrogen-bond acceptors (Lipinski definition) is 3. The van der Waals surface area contributed by atoms with Crippen molar-refractivity contribution in [3.05, 3.63) is 29.6 Å². The summed E-state index contributed by atoms with van der Waals surface area (Å²) < 4.78 is 13.6. The standard InChI is InChI=1S/C12H13FN2O3/c13-8-6-7(12(17)18)3-4-9(8)15-11(16)10-2-1-5-14-10/h3-4,6,10,14H,1-2,5H2,(H,15,16)(H,17,18). The van der Waals surface area contributed by atoms with Gasteiger partial charge in [0.15, 0.2) is 0 Å². The summed E-state index contributed by atoms with van der Waals surface area (Å²) in [5.41, 5.74) is -0.150. The first-order valence-electron chi connectivity index (χ1n) is 5.65. The number of nitrogens with one attached hydrogen (secondary N) is 2. The molecule has 0 radical (unpaired) electrons. The number of benzene rings is 1. The SMILES string of the molecule is O=C(O)c1ccc(NC(=O)C2CCCN2)c(F)c1. The molecule has 0 saturated carbocycles. The summed E-state index contributed by atoms with van der Waals surface area (Å²) in [5, 5.41) is 14.1. The van der Waals surface area contributed by atoms with Gasteiger partial charge in [0.1, 0.15) is 5.82 Å². The normalized spacial score (nSPS) is 18.6. The predicted molar refractivity (Wildman–Crippen MR) is 63.0 cm³/mol. The molecule has 1 amide bonds. The van der Waals surface area contributed by atoms with Crippen LogP contribution in [-0.4, -0.2) is 29.6 Å². The molecule has 0 bridgehead atoms. The van der Waals surface area contributed by atoms with Crippen molar-refractivity contribution in [2.45, 2.75) is 18.9 Å². The van der Waals surface area contributed by atoms with E-state index in [9.17, 15) is 14.0 Å². The molecular weight excluding hydrogens is 239 g/mol. The predicted octanol–water partition coefficient (Wildman–Crippen LogP) is 1.21. The van der Waals surface area contributed by atoms with Crippen molar-refractivity contribution >= 4 is 17.6 Å². The fraction of sp³-hybridized carbons (Fsp3) is 0.333. The third-order valence-electron chi connectivity index (χ3n) is 2.85. The van der Waals surface area contributed by atoms with Crippen LogP contribution in [0.5, 0.6) is 0 Å². The number of carboxylic acid groups (broad SMARTS) is 1. The molecule has 96 valence electrons. The van der Waals surface area contributed by atoms with Gasteiger partial charge >= 0.3 is 5.97 Å². The zero-order chi connectivity index (χ0) is 13.1. The van der Waals surface area contributed by atoms with E-state index in [1.54, 1.807) is 0 Å². The monoisotopic (exact) mass is 252 g/mol. The number of carboxylic acids is 1. The lowest BCUT2D eigenvalue weighted by Gasteiger charge is -2.11. The highest BCUT2D eigenvalue weighted by Gasteiger charge is 2.22. The van der Waals surface area contributed by atoms with Crippen LogP contribution < -0.4 is 10.6 Å². The van der Waals surface area contributed by atoms with Crippen molar-refractivity contribution in [2.24, 2.45) is 0 Å². The third-order valence-corrected chi connectivity index (χ3v) is 2.85. The minimum atomic E-state index is -1.20. The molecule has 1 fully saturated rings. The summed E-state index contributed by atoms with van der Waals surface area (Å²) in [7, 11) is 0. The molecule has 18 heavy (non-hydrogen) atoms. The molecule has 1 aromatic carbocycles. The van der Waals surface area contributed by atoms with Crippen LogP contribution in [0, 0.1) is 5.82 Å². The number of carbonyl (C=O) groups excluding carboxylic acids is 1. The van der Waals surface area contributed by atoms with E-state index < -0.39 is 11.8 Å². The molecule has 2 rings (SSSR count). The Bertz CT molecular complexity index is 484. The van der Waals surface area contributed by atoms with Gasteiger partial charge in [0.2, 0.25) is 5.91 Å². The first-order chi connectivity index (χ1) is 8.58. The van der Waals surface area contributed by atoms with Crippen LogP contribution in [0.1, 0.15) is 23.2 Å². The summed E-state index contributed by atoms with van der Waals surface area (Å²) in [5.74, 6) is -2.25. The molecule has 6 heteroatoms. The van der Waals surface area contributed by atoms with Gasteiger partial charge < -0.3 is 15.7 Å². The Hall–Kier alpha value is -1.95. The maximum absolute atomic E-state index is 13.6. The van der Waals surface area contributed by atoms with E-state index >= 15 is 0 Å². The molecule has 1 atom stereocenters. The topological polar surface area (TPSA) is 78.4 Å². The molecular formula is C12H13FN2O3. The lowest BCUT2D eigenvalue weighted by Crippen LogP contribution is -2.35. The Morgan fingerprint density at radius 2 is 2.22 bits per heavy atom. The fourth-order valence-corrected chi connectivity index (χ4v) is 1.88. The lowest BCUT2D eigenvalue weighted by molar-refractivity contribution is -0.117. The van der Waals surface area contributed by atoms with Crippen LogP contribution in [0.15, 0.2) is 18.2 Å². The van der Waals surface area contributed by atoms with Gasteiger partial charge in [0, 0.05) is 0 Å². The van der Waals surface area contributed by atoms with Gasteiger partial charge in [0.05, 0.1) is 17.3 Å². The number of rotatable bonds is 3. The zero-order valence-electron chi connectivity index (χ0n) is 9.57. The summed E-state index contributed by atoms with van der Waals surface area (Å²) in [6, 6.07) is 3.10. The van der Waals surface area contributed by atoms with Gasteiger partial charge in [0.25, 0.3) is 0 Å². The van der Waals surface area contributed by atoms with E-state index in [1.165, 1.54) is 12.1 Å². The van der Waals surface area contributed by atoms with Crippen LogP contribution in [0.4, 0.5) is 10.1 Å². The van der Waals surface area contributed by atoms with Crippen LogP contribution in [0.3, 0.4) is 0 Å². The summed E-state index contributed by atoms with van der Waals surface area (Å²) in [4.78, 5) is 22.4. The number of carbonyl (C=O) groups is 2. The summed E-state index contributed by atoms with van der Waals surface area (Å²) in [6.07, 6.45) is 1.64. The zero-order valence-corrected chi connectivity index (χ0v) is 9.57. The maximum Gasteiger partial charge on any atom is 0.335 e. The average molecular weight is 252 g/mol. The van der Waals surface area contributed by atoms with E-state index in [-0.39, 0.29) is 23.2 Å². The van der Waals surface area contributed by atoms with Gasteiger partial charge in [-0.1, -0.05) is 0 Å². The van der Waals surface area contributed by atoms with Crippen molar-refractivity contribution in [3.8, 4) is 0 Å². The minimum Gasteiger partial charge on any atom is -0.478 e. The van der Waals surface area contributed by atoms with Gasteiger partial charge in [-0.05, 0) is 37.6 Å². The quantitative estimate of drug-likeness (QED) is 0.755. The highest BCUT2D eigenvalue weighted by atomic mass is 19.1. The van der Waals surface area contributed by atoms with E-state index in [1.807, 2.05) is 0 Å². The highest BCUT2D eigenvalue weighted by Crippen LogP contribution is 2.17. The molecule has 3 N–H and O–H groups in total. The summed E-state index contributed by atoms with van der Waals surface area (Å²) in [6.45, 7) is 0.776. The Morgan fingerprint density at radius 3 is 2.78 bits per heavy atom. The van der Waals surface area contributed by atoms with Crippen LogP contribution in [0.25, 0.3) is 0 Å². The van der Waals surface area contributed by atoms with Crippen molar-refractivity contribution in [1.82, 2.24) is 5.32 Å². The van der Waals surface area contributed by atoms with E-state index in [2.05, 4.69) is 10.6 Å². The first kappa shape index (κ1) is 12.5. The van der Waals surface area contributed by atoms with Crippen molar-refractivity contribution in [1.29, 1.82) is 0 Å². The second-order valence-corrected chi connectivity index (χ2v) is 4.14. The molecule has 1 heterocycles. The molecule has 1 aliphatic heterocycles. The number of hydrogen-bond donors (Lipinski definition) is 3. The van der Waals surface area contributed by atoms with Gasteiger partial charge in [-0.15, -0.1) is 0 Å². The van der Waals surface area contributed by atoms with E-state index in [0.29, 0.717) is 0 Å². The van der Waals surface area contributed by atoms with Crippen LogP contribution >= 0.6 is 0 Å². The molecule has 0 spiro atoms. The Labute approximate surface area is 103 Å². The maximum atomic E-state index is 13.6. The van der Waals surface area contributed by atoms with Crippen molar-refractivity contribution < 1.29 is 19.1 Å². The van der Waals surface area contributed by atoms with Crippen molar-refractivity contribution in [2.75, 3.05) is 11.9 Å². The average Bonchev–Trinajstić information content (AvgIpc) is 2.85. The second kappa shape index (κ2) is 5.14. The Morgan fingerprint density at radius 1 is 1.44 bits per heavy atom. The van der Waals surface area contributed by atoms with Crippen LogP contribution in [0.2, 0.25) is 0 Å². The molecule has 1 aromatic rings. The van der Waals surface area contributed by atoms with E-state index in [4.69, 9.17) is 5.11 Å². The smallest absolute Gasteiger partial charge is 0.335 e. The summed E-state index contributed by atoms with van der Waals surface area (Å²) >= 11 is 0. The largest absolute Gasteiger partial charge is 0.478 e. The first-order valence-corrected chi connectivity index (χ1v) is 5.65. The third kappa shape index (κ3) is 2.65. The number of halogens is 1. The molecule has 1 saturated heterocycles. The molecule has 1 aliphatic rings. The van der Waals surface area contributed by atoms with Crippen molar-refractivity contribution in [3.63, 3.8) is 0 Å². The fourth-order valence-electron chi connectivity index (χ4n) is 1.88. The molecule has 1 unspecified atom stereocenters. The van der Waals surface area contributed by atoms with E-state index in [0.717, 1.165) is 25.5 Å². The Balaban J connectivity index is 2.09. The number of amides is 1. The minimum absolute atomic E-state index is 0.00120. The molecule has 0 aromatic heterocycles. The van der Waals surface area contributed by atoms with Gasteiger partial charge in [-0.25, -0.2) is 9.18 Å². The molecule has 0 aliphatic carbocycles. The Kier molecular flexibility index (Phi) is 3.57. The van der Waals surface area contributed by atoms with Gasteiger partial charge in [-0.2, -0.15) is 0 Å². The molecule has 5 nitrogen and oxygen atoms in total. The number of aromatic carboxylic acids is 1.